The maximum absolute atomic E-state index is 5.91. The second-order valence-corrected chi connectivity index (χ2v) is 5.29. The summed E-state index contributed by atoms with van der Waals surface area (Å²) < 4.78 is 5.91. The Morgan fingerprint density at radius 2 is 1.94 bits per heavy atom. The molecule has 1 aromatic rings. The van der Waals surface area contributed by atoms with E-state index in [2.05, 4.69) is 45.1 Å². The van der Waals surface area contributed by atoms with Gasteiger partial charge in [-0.1, -0.05) is 40.5 Å². The van der Waals surface area contributed by atoms with Crippen molar-refractivity contribution in [1.82, 2.24) is 5.32 Å². The molecule has 0 aromatic carbocycles. The molecule has 1 N–H and O–H groups in total. The van der Waals surface area contributed by atoms with Crippen LogP contribution in [0.5, 0.6) is 0 Å². The van der Waals surface area contributed by atoms with Gasteiger partial charge in [0.25, 0.3) is 0 Å². The van der Waals surface area contributed by atoms with Crippen molar-refractivity contribution in [1.29, 1.82) is 0 Å². The van der Waals surface area contributed by atoms with E-state index in [4.69, 9.17) is 4.42 Å². The van der Waals surface area contributed by atoms with Crippen molar-refractivity contribution in [3.05, 3.63) is 23.7 Å². The van der Waals surface area contributed by atoms with E-state index in [1.807, 2.05) is 0 Å². The van der Waals surface area contributed by atoms with Gasteiger partial charge < -0.3 is 9.73 Å². The van der Waals surface area contributed by atoms with E-state index in [9.17, 15) is 0 Å². The van der Waals surface area contributed by atoms with Gasteiger partial charge in [0.1, 0.15) is 11.5 Å². The maximum atomic E-state index is 5.91. The molecule has 2 atom stereocenters. The molecule has 2 unspecified atom stereocenters. The predicted molar refractivity (Wildman–Crippen MR) is 77.8 cm³/mol. The Morgan fingerprint density at radius 3 is 2.50 bits per heavy atom. The molecular weight excluding hydrogens is 222 g/mol. The third kappa shape index (κ3) is 4.85. The summed E-state index contributed by atoms with van der Waals surface area (Å²) in [5, 5.41) is 3.62. The van der Waals surface area contributed by atoms with E-state index in [-0.39, 0.29) is 0 Å². The molecule has 0 aliphatic heterocycles. The highest BCUT2D eigenvalue weighted by Gasteiger charge is 2.17. The number of hydrogen-bond acceptors (Lipinski definition) is 2. The Labute approximate surface area is 112 Å². The van der Waals surface area contributed by atoms with Crippen LogP contribution in [0.1, 0.15) is 70.9 Å². The van der Waals surface area contributed by atoms with Gasteiger partial charge in [0.2, 0.25) is 0 Å². The number of aryl methyl sites for hydroxylation is 1. The van der Waals surface area contributed by atoms with Crippen molar-refractivity contribution in [3.63, 3.8) is 0 Å². The van der Waals surface area contributed by atoms with Crippen LogP contribution in [0.4, 0.5) is 0 Å². The molecule has 0 radical (unpaired) electrons. The summed E-state index contributed by atoms with van der Waals surface area (Å²) in [7, 11) is 0. The van der Waals surface area contributed by atoms with E-state index in [1.165, 1.54) is 25.7 Å². The summed E-state index contributed by atoms with van der Waals surface area (Å²) in [6.45, 7) is 10.0. The Hall–Kier alpha value is -0.760. The summed E-state index contributed by atoms with van der Waals surface area (Å²) in [6, 6.07) is 4.64. The lowest BCUT2D eigenvalue weighted by molar-refractivity contribution is 0.333. The molecule has 0 aliphatic carbocycles. The van der Waals surface area contributed by atoms with E-state index >= 15 is 0 Å². The van der Waals surface area contributed by atoms with Gasteiger partial charge in [-0.3, -0.25) is 0 Å². The van der Waals surface area contributed by atoms with Crippen molar-refractivity contribution < 1.29 is 4.42 Å². The topological polar surface area (TPSA) is 25.2 Å². The Morgan fingerprint density at radius 1 is 1.17 bits per heavy atom. The zero-order chi connectivity index (χ0) is 13.4. The first-order valence-corrected chi connectivity index (χ1v) is 7.53. The summed E-state index contributed by atoms with van der Waals surface area (Å²) in [6.07, 6.45) is 5.88. The highest BCUT2D eigenvalue weighted by atomic mass is 16.3. The van der Waals surface area contributed by atoms with Gasteiger partial charge in [-0.25, -0.2) is 0 Å². The number of nitrogens with one attached hydrogen (secondary N) is 1. The minimum Gasteiger partial charge on any atom is -0.464 e. The standard InChI is InChI=1S/C16H29NO/c1-5-8-13(4)12-15(17-11-6-2)16-10-9-14(7-3)18-16/h9-10,13,15,17H,5-8,11-12H2,1-4H3. The molecule has 0 amide bonds. The fourth-order valence-corrected chi connectivity index (χ4v) is 2.40. The molecular formula is C16H29NO. The van der Waals surface area contributed by atoms with Gasteiger partial charge in [0.05, 0.1) is 6.04 Å². The highest BCUT2D eigenvalue weighted by Crippen LogP contribution is 2.25. The first-order chi connectivity index (χ1) is 8.71. The average molecular weight is 251 g/mol. The minimum absolute atomic E-state index is 0.381. The van der Waals surface area contributed by atoms with Crippen molar-refractivity contribution in [2.24, 2.45) is 5.92 Å². The van der Waals surface area contributed by atoms with Crippen LogP contribution in [0.2, 0.25) is 0 Å². The molecule has 2 nitrogen and oxygen atoms in total. The molecule has 0 saturated carbocycles. The Balaban J connectivity index is 2.64. The van der Waals surface area contributed by atoms with Crippen LogP contribution < -0.4 is 5.32 Å². The van der Waals surface area contributed by atoms with Crippen LogP contribution in [0.25, 0.3) is 0 Å². The van der Waals surface area contributed by atoms with Crippen LogP contribution in [0, 0.1) is 5.92 Å². The fourth-order valence-electron chi connectivity index (χ4n) is 2.40. The van der Waals surface area contributed by atoms with E-state index in [0.717, 1.165) is 30.4 Å². The smallest absolute Gasteiger partial charge is 0.121 e. The summed E-state index contributed by atoms with van der Waals surface area (Å²) in [5.41, 5.74) is 0. The van der Waals surface area contributed by atoms with E-state index in [0.29, 0.717) is 6.04 Å². The van der Waals surface area contributed by atoms with Gasteiger partial charge >= 0.3 is 0 Å². The van der Waals surface area contributed by atoms with Gasteiger partial charge in [-0.05, 0) is 37.4 Å². The van der Waals surface area contributed by atoms with Crippen LogP contribution >= 0.6 is 0 Å². The predicted octanol–water partition coefficient (Wildman–Crippen LogP) is 4.71. The molecule has 0 spiro atoms. The van der Waals surface area contributed by atoms with Crippen molar-refractivity contribution in [2.75, 3.05) is 6.54 Å². The third-order valence-corrected chi connectivity index (χ3v) is 3.43. The molecule has 2 heteroatoms. The molecule has 1 rings (SSSR count). The summed E-state index contributed by atoms with van der Waals surface area (Å²) >= 11 is 0. The molecule has 0 saturated heterocycles. The number of rotatable bonds is 9. The molecule has 1 aromatic heterocycles. The second kappa shape index (κ2) is 8.36. The zero-order valence-corrected chi connectivity index (χ0v) is 12.5. The van der Waals surface area contributed by atoms with Gasteiger partial charge in [0.15, 0.2) is 0 Å². The first kappa shape index (κ1) is 15.3. The van der Waals surface area contributed by atoms with E-state index < -0.39 is 0 Å². The summed E-state index contributed by atoms with van der Waals surface area (Å²) in [4.78, 5) is 0. The number of furan rings is 1. The monoisotopic (exact) mass is 251 g/mol. The fraction of sp³-hybridized carbons (Fsp3) is 0.750. The van der Waals surface area contributed by atoms with Crippen molar-refractivity contribution in [2.45, 2.75) is 65.8 Å². The lowest BCUT2D eigenvalue weighted by Crippen LogP contribution is -2.23. The van der Waals surface area contributed by atoms with Crippen LogP contribution in [-0.2, 0) is 6.42 Å². The van der Waals surface area contributed by atoms with Crippen LogP contribution in [0.15, 0.2) is 16.5 Å². The molecule has 1 heterocycles. The quantitative estimate of drug-likeness (QED) is 0.687. The highest BCUT2D eigenvalue weighted by molar-refractivity contribution is 5.11. The van der Waals surface area contributed by atoms with E-state index in [1.54, 1.807) is 0 Å². The lowest BCUT2D eigenvalue weighted by Gasteiger charge is -2.20. The number of hydrogen-bond donors (Lipinski definition) is 1. The van der Waals surface area contributed by atoms with Gasteiger partial charge in [0, 0.05) is 6.42 Å². The third-order valence-electron chi connectivity index (χ3n) is 3.43. The Bertz CT molecular complexity index is 319. The first-order valence-electron chi connectivity index (χ1n) is 7.53. The normalized spacial score (nSPS) is 14.7. The largest absolute Gasteiger partial charge is 0.464 e. The maximum Gasteiger partial charge on any atom is 0.121 e. The molecule has 0 aliphatic rings. The van der Waals surface area contributed by atoms with Crippen molar-refractivity contribution >= 4 is 0 Å². The van der Waals surface area contributed by atoms with Gasteiger partial charge in [-0.15, -0.1) is 0 Å². The van der Waals surface area contributed by atoms with Crippen LogP contribution in [-0.4, -0.2) is 6.54 Å². The van der Waals surface area contributed by atoms with Gasteiger partial charge in [-0.2, -0.15) is 0 Å². The molecule has 0 fully saturated rings. The molecule has 18 heavy (non-hydrogen) atoms. The zero-order valence-electron chi connectivity index (χ0n) is 12.5. The SMILES string of the molecule is CCCNC(CC(C)CCC)c1ccc(CC)o1. The summed E-state index contributed by atoms with van der Waals surface area (Å²) in [5.74, 6) is 2.96. The minimum atomic E-state index is 0.381. The average Bonchev–Trinajstić information content (AvgIpc) is 2.83. The second-order valence-electron chi connectivity index (χ2n) is 5.29. The lowest BCUT2D eigenvalue weighted by atomic mass is 9.96. The van der Waals surface area contributed by atoms with Crippen molar-refractivity contribution in [3.8, 4) is 0 Å². The molecule has 0 bridgehead atoms. The Kier molecular flexibility index (Phi) is 7.11. The van der Waals surface area contributed by atoms with Crippen LogP contribution in [0.3, 0.4) is 0 Å². The molecule has 104 valence electrons.